The topological polar surface area (TPSA) is 111 Å². The fourth-order valence-corrected chi connectivity index (χ4v) is 3.89. The molecule has 2 N–H and O–H groups in total. The Labute approximate surface area is 185 Å². The molecule has 4 aromatic rings. The normalized spacial score (nSPS) is 14.5. The minimum Gasteiger partial charge on any atom is -0.367 e. The second kappa shape index (κ2) is 8.80. The lowest BCUT2D eigenvalue weighted by Crippen LogP contribution is -2.35. The van der Waals surface area contributed by atoms with E-state index in [2.05, 4.69) is 35.9 Å². The zero-order valence-electron chi connectivity index (χ0n) is 17.8. The molecule has 4 heterocycles. The van der Waals surface area contributed by atoms with Gasteiger partial charge in [0.2, 0.25) is 0 Å². The molecule has 0 bridgehead atoms. The van der Waals surface area contributed by atoms with E-state index in [1.165, 1.54) is 0 Å². The molecule has 1 aliphatic rings. The van der Waals surface area contributed by atoms with Gasteiger partial charge in [0, 0.05) is 42.0 Å². The number of nitrogens with zero attached hydrogens (tertiary/aromatic N) is 6. The number of piperidine rings is 1. The molecule has 0 radical (unpaired) electrons. The molecule has 9 nitrogen and oxygen atoms in total. The number of benzene rings is 1. The standard InChI is InChI=1S/C23H24N8O/c1-31-14-20(29-30-31)15-2-3-17-13-26-23(28-19(17)10-15)12-21(32)16-4-9-25-22(11-16)27-18-5-7-24-8-6-18/h2-4,9-11,13-14,18,24H,5-8,12H2,1H3,(H,25,27). The molecule has 5 rings (SSSR count). The zero-order valence-corrected chi connectivity index (χ0v) is 17.8. The van der Waals surface area contributed by atoms with Crippen molar-refractivity contribution < 1.29 is 4.79 Å². The first-order valence-corrected chi connectivity index (χ1v) is 10.7. The first-order valence-electron chi connectivity index (χ1n) is 10.7. The van der Waals surface area contributed by atoms with E-state index in [0.717, 1.165) is 53.9 Å². The van der Waals surface area contributed by atoms with Gasteiger partial charge in [0.1, 0.15) is 17.3 Å². The minimum atomic E-state index is -0.0369. The number of carbonyl (C=O) groups is 1. The summed E-state index contributed by atoms with van der Waals surface area (Å²) in [6.45, 7) is 1.99. The van der Waals surface area contributed by atoms with E-state index in [0.29, 0.717) is 17.4 Å². The maximum absolute atomic E-state index is 12.9. The maximum atomic E-state index is 12.9. The summed E-state index contributed by atoms with van der Waals surface area (Å²) in [5.74, 6) is 1.18. The van der Waals surface area contributed by atoms with Gasteiger partial charge in [-0.3, -0.25) is 9.48 Å². The minimum absolute atomic E-state index is 0.0369. The summed E-state index contributed by atoms with van der Waals surface area (Å²) < 4.78 is 1.66. The summed E-state index contributed by atoms with van der Waals surface area (Å²) in [7, 11) is 1.83. The van der Waals surface area contributed by atoms with Gasteiger partial charge < -0.3 is 10.6 Å². The lowest BCUT2D eigenvalue weighted by atomic mass is 10.1. The third kappa shape index (κ3) is 4.47. The van der Waals surface area contributed by atoms with Crippen LogP contribution < -0.4 is 10.6 Å². The van der Waals surface area contributed by atoms with Crippen LogP contribution in [0.2, 0.25) is 0 Å². The van der Waals surface area contributed by atoms with Gasteiger partial charge in [-0.05, 0) is 44.1 Å². The van der Waals surface area contributed by atoms with E-state index in [4.69, 9.17) is 0 Å². The second-order valence-electron chi connectivity index (χ2n) is 8.04. The highest BCUT2D eigenvalue weighted by Crippen LogP contribution is 2.21. The molecule has 162 valence electrons. The smallest absolute Gasteiger partial charge is 0.170 e. The van der Waals surface area contributed by atoms with Gasteiger partial charge in [-0.15, -0.1) is 5.10 Å². The summed E-state index contributed by atoms with van der Waals surface area (Å²) in [6, 6.07) is 9.80. The molecular formula is C23H24N8O. The van der Waals surface area contributed by atoms with Crippen LogP contribution in [0.3, 0.4) is 0 Å². The van der Waals surface area contributed by atoms with Crippen molar-refractivity contribution in [3.8, 4) is 11.3 Å². The monoisotopic (exact) mass is 428 g/mol. The largest absolute Gasteiger partial charge is 0.367 e. The van der Waals surface area contributed by atoms with E-state index in [-0.39, 0.29) is 12.2 Å². The van der Waals surface area contributed by atoms with Gasteiger partial charge in [0.25, 0.3) is 0 Å². The average Bonchev–Trinajstić information content (AvgIpc) is 3.26. The number of rotatable bonds is 6. The van der Waals surface area contributed by atoms with E-state index >= 15 is 0 Å². The molecule has 3 aromatic heterocycles. The number of hydrogen-bond donors (Lipinski definition) is 2. The third-order valence-electron chi connectivity index (χ3n) is 5.62. The van der Waals surface area contributed by atoms with Crippen LogP contribution in [0.15, 0.2) is 48.9 Å². The van der Waals surface area contributed by atoms with Crippen LogP contribution >= 0.6 is 0 Å². The van der Waals surface area contributed by atoms with Crippen molar-refractivity contribution in [1.29, 1.82) is 0 Å². The van der Waals surface area contributed by atoms with Crippen molar-refractivity contribution in [2.75, 3.05) is 18.4 Å². The van der Waals surface area contributed by atoms with Crippen molar-refractivity contribution in [3.05, 3.63) is 60.3 Å². The van der Waals surface area contributed by atoms with E-state index in [9.17, 15) is 4.79 Å². The van der Waals surface area contributed by atoms with Crippen molar-refractivity contribution in [1.82, 2.24) is 35.3 Å². The Balaban J connectivity index is 1.33. The van der Waals surface area contributed by atoms with Crippen LogP contribution in [0.5, 0.6) is 0 Å². The fraction of sp³-hybridized carbons (Fsp3) is 0.304. The van der Waals surface area contributed by atoms with Crippen LogP contribution in [0.4, 0.5) is 5.82 Å². The van der Waals surface area contributed by atoms with Crippen LogP contribution in [0, 0.1) is 0 Å². The molecule has 1 aromatic carbocycles. The van der Waals surface area contributed by atoms with E-state index in [1.807, 2.05) is 37.5 Å². The zero-order chi connectivity index (χ0) is 21.9. The Morgan fingerprint density at radius 1 is 1.19 bits per heavy atom. The molecule has 9 heteroatoms. The molecule has 0 aliphatic carbocycles. The highest BCUT2D eigenvalue weighted by molar-refractivity contribution is 5.97. The maximum Gasteiger partial charge on any atom is 0.170 e. The molecule has 0 unspecified atom stereocenters. The van der Waals surface area contributed by atoms with Gasteiger partial charge in [-0.25, -0.2) is 15.0 Å². The Kier molecular flexibility index (Phi) is 5.55. The van der Waals surface area contributed by atoms with Crippen molar-refractivity contribution in [3.63, 3.8) is 0 Å². The number of nitrogens with one attached hydrogen (secondary N) is 2. The predicted molar refractivity (Wildman–Crippen MR) is 121 cm³/mol. The summed E-state index contributed by atoms with van der Waals surface area (Å²) in [5, 5.41) is 15.8. The highest BCUT2D eigenvalue weighted by Gasteiger charge is 2.15. The van der Waals surface area contributed by atoms with E-state index in [1.54, 1.807) is 23.1 Å². The van der Waals surface area contributed by atoms with Crippen LogP contribution in [0.25, 0.3) is 22.2 Å². The third-order valence-corrected chi connectivity index (χ3v) is 5.62. The summed E-state index contributed by atoms with van der Waals surface area (Å²) in [5.41, 5.74) is 3.07. The summed E-state index contributed by atoms with van der Waals surface area (Å²) in [6.07, 6.45) is 7.49. The lowest BCUT2D eigenvalue weighted by Gasteiger charge is -2.24. The SMILES string of the molecule is Cn1cc(-c2ccc3cnc(CC(=O)c4ccnc(NC5CCNCC5)c4)nc3c2)nn1. The Morgan fingerprint density at radius 3 is 2.88 bits per heavy atom. The summed E-state index contributed by atoms with van der Waals surface area (Å²) in [4.78, 5) is 26.3. The molecule has 0 amide bonds. The Bertz CT molecular complexity index is 1260. The molecule has 1 fully saturated rings. The number of carbonyl (C=O) groups excluding carboxylic acids is 1. The number of Topliss-reactive ketones (excluding diaryl/α,β-unsaturated/α-hetero) is 1. The van der Waals surface area contributed by atoms with Gasteiger partial charge >= 0.3 is 0 Å². The lowest BCUT2D eigenvalue weighted by molar-refractivity contribution is 0.0991. The number of anilines is 1. The number of aryl methyl sites for hydroxylation is 1. The number of fused-ring (bicyclic) bond motifs is 1. The van der Waals surface area contributed by atoms with Crippen molar-refractivity contribution >= 4 is 22.5 Å². The number of pyridine rings is 1. The van der Waals surface area contributed by atoms with Gasteiger partial charge in [0.05, 0.1) is 18.1 Å². The molecule has 0 saturated carbocycles. The average molecular weight is 429 g/mol. The molecule has 1 saturated heterocycles. The highest BCUT2D eigenvalue weighted by atomic mass is 16.1. The van der Waals surface area contributed by atoms with Gasteiger partial charge in [0.15, 0.2) is 5.78 Å². The van der Waals surface area contributed by atoms with Crippen LogP contribution in [-0.2, 0) is 13.5 Å². The van der Waals surface area contributed by atoms with Crippen molar-refractivity contribution in [2.45, 2.75) is 25.3 Å². The molecule has 32 heavy (non-hydrogen) atoms. The molecule has 1 aliphatic heterocycles. The van der Waals surface area contributed by atoms with Crippen LogP contribution in [-0.4, -0.2) is 54.9 Å². The Morgan fingerprint density at radius 2 is 2.06 bits per heavy atom. The van der Waals surface area contributed by atoms with E-state index < -0.39 is 0 Å². The number of hydrogen-bond acceptors (Lipinski definition) is 8. The first-order chi connectivity index (χ1) is 15.6. The predicted octanol–water partition coefficient (Wildman–Crippen LogP) is 2.41. The van der Waals surface area contributed by atoms with Gasteiger partial charge in [-0.2, -0.15) is 0 Å². The molecular weight excluding hydrogens is 404 g/mol. The number of ketones is 1. The molecule has 0 atom stereocenters. The van der Waals surface area contributed by atoms with Gasteiger partial charge in [-0.1, -0.05) is 17.3 Å². The Hall–Kier alpha value is -3.72. The molecule has 0 spiro atoms. The van der Waals surface area contributed by atoms with Crippen LogP contribution in [0.1, 0.15) is 29.0 Å². The summed E-state index contributed by atoms with van der Waals surface area (Å²) >= 11 is 0. The number of aromatic nitrogens is 6. The quantitative estimate of drug-likeness (QED) is 0.451. The first kappa shape index (κ1) is 20.2. The van der Waals surface area contributed by atoms with Crippen molar-refractivity contribution in [2.24, 2.45) is 7.05 Å². The fourth-order valence-electron chi connectivity index (χ4n) is 3.89. The second-order valence-corrected chi connectivity index (χ2v) is 8.04.